The van der Waals surface area contributed by atoms with E-state index in [0.717, 1.165) is 11.0 Å². The lowest BCUT2D eigenvalue weighted by atomic mass is 9.99. The molecule has 0 aliphatic carbocycles. The molecule has 1 unspecified atom stereocenters. The Bertz CT molecular complexity index is 662. The number of nitrogens with zero attached hydrogens (tertiary/aromatic N) is 2. The number of alkyl halides is 1. The van der Waals surface area contributed by atoms with E-state index in [2.05, 4.69) is 4.98 Å². The number of benzene rings is 1. The van der Waals surface area contributed by atoms with Gasteiger partial charge in [0.1, 0.15) is 5.82 Å². The lowest BCUT2D eigenvalue weighted by Gasteiger charge is -2.28. The van der Waals surface area contributed by atoms with Crippen molar-refractivity contribution in [2.24, 2.45) is 5.73 Å². The molecule has 1 aromatic carbocycles. The molecule has 0 aliphatic heterocycles. The molecule has 0 saturated carbocycles. The number of carbonyl (C=O) groups is 1. The maximum atomic E-state index is 11.3. The van der Waals surface area contributed by atoms with Crippen molar-refractivity contribution < 1.29 is 4.79 Å². The predicted molar refractivity (Wildman–Crippen MR) is 82.1 cm³/mol. The summed E-state index contributed by atoms with van der Waals surface area (Å²) in [5.74, 6) is 0.342. The minimum Gasteiger partial charge on any atom is -0.370 e. The maximum absolute atomic E-state index is 11.3. The average Bonchev–Trinajstić information content (AvgIpc) is 2.66. The second-order valence-corrected chi connectivity index (χ2v) is 6.60. The first-order valence-electron chi connectivity index (χ1n) is 6.33. The van der Waals surface area contributed by atoms with Crippen molar-refractivity contribution in [3.8, 4) is 0 Å². The summed E-state index contributed by atoms with van der Waals surface area (Å²) in [5, 5.41) is 0.331. The minimum atomic E-state index is -0.507. The van der Waals surface area contributed by atoms with Crippen molar-refractivity contribution in [2.45, 2.75) is 38.1 Å². The van der Waals surface area contributed by atoms with Crippen LogP contribution in [-0.2, 0) is 10.3 Å². The maximum Gasteiger partial charge on any atom is 0.219 e. The van der Waals surface area contributed by atoms with Gasteiger partial charge in [0.15, 0.2) is 0 Å². The fraction of sp³-hybridized carbons (Fsp3) is 0.429. The smallest absolute Gasteiger partial charge is 0.219 e. The van der Waals surface area contributed by atoms with E-state index in [1.165, 1.54) is 0 Å². The Balaban J connectivity index is 2.71. The Morgan fingerprint density at radius 2 is 2.15 bits per heavy atom. The number of hydrogen-bond donors (Lipinski definition) is 1. The SMILES string of the molecule is CC(Cl)c1nc2cc(Cl)ccc2n1C(C)(C)CC(N)=O. The van der Waals surface area contributed by atoms with E-state index in [-0.39, 0.29) is 17.7 Å². The van der Waals surface area contributed by atoms with Crippen LogP contribution < -0.4 is 5.73 Å². The molecule has 6 heteroatoms. The van der Waals surface area contributed by atoms with Crippen molar-refractivity contribution in [3.05, 3.63) is 29.0 Å². The zero-order valence-corrected chi connectivity index (χ0v) is 13.2. The quantitative estimate of drug-likeness (QED) is 0.877. The Kier molecular flexibility index (Phi) is 3.98. The van der Waals surface area contributed by atoms with Gasteiger partial charge in [-0.15, -0.1) is 11.6 Å². The summed E-state index contributed by atoms with van der Waals surface area (Å²) in [6.45, 7) is 5.73. The van der Waals surface area contributed by atoms with Gasteiger partial charge >= 0.3 is 0 Å². The normalized spacial score (nSPS) is 13.7. The highest BCUT2D eigenvalue weighted by Crippen LogP contribution is 2.33. The highest BCUT2D eigenvalue weighted by atomic mass is 35.5. The largest absolute Gasteiger partial charge is 0.370 e. The molecule has 0 saturated heterocycles. The zero-order chi connectivity index (χ0) is 15.1. The number of primary amides is 1. The zero-order valence-electron chi connectivity index (χ0n) is 11.7. The number of fused-ring (bicyclic) bond motifs is 1. The summed E-state index contributed by atoms with van der Waals surface area (Å²) in [6.07, 6.45) is 0.206. The topological polar surface area (TPSA) is 60.9 Å². The number of imidazole rings is 1. The first-order chi connectivity index (χ1) is 9.22. The third kappa shape index (κ3) is 2.76. The van der Waals surface area contributed by atoms with Gasteiger partial charge in [-0.05, 0) is 39.0 Å². The molecule has 108 valence electrons. The summed E-state index contributed by atoms with van der Waals surface area (Å²) < 4.78 is 1.97. The van der Waals surface area contributed by atoms with E-state index in [9.17, 15) is 4.79 Å². The van der Waals surface area contributed by atoms with E-state index in [4.69, 9.17) is 28.9 Å². The van der Waals surface area contributed by atoms with Gasteiger partial charge < -0.3 is 10.3 Å². The van der Waals surface area contributed by atoms with Gasteiger partial charge in [-0.25, -0.2) is 4.98 Å². The molecular weight excluding hydrogens is 297 g/mol. The van der Waals surface area contributed by atoms with Crippen molar-refractivity contribution in [2.75, 3.05) is 0 Å². The second-order valence-electron chi connectivity index (χ2n) is 5.51. The van der Waals surface area contributed by atoms with Crippen molar-refractivity contribution >= 4 is 40.1 Å². The lowest BCUT2D eigenvalue weighted by Crippen LogP contribution is -2.33. The molecular formula is C14H17Cl2N3O. The van der Waals surface area contributed by atoms with Gasteiger partial charge in [-0.1, -0.05) is 11.6 Å². The van der Waals surface area contributed by atoms with E-state index in [1.807, 2.05) is 31.4 Å². The molecule has 2 rings (SSSR count). The van der Waals surface area contributed by atoms with Gasteiger partial charge in [0.05, 0.1) is 16.4 Å². The van der Waals surface area contributed by atoms with Crippen molar-refractivity contribution in [1.29, 1.82) is 0 Å². The van der Waals surface area contributed by atoms with Crippen molar-refractivity contribution in [1.82, 2.24) is 9.55 Å². The predicted octanol–water partition coefficient (Wildman–Crippen LogP) is 3.60. The third-order valence-corrected chi connectivity index (χ3v) is 3.64. The number of halogens is 2. The first kappa shape index (κ1) is 15.1. The molecule has 4 nitrogen and oxygen atoms in total. The number of aromatic nitrogens is 2. The molecule has 20 heavy (non-hydrogen) atoms. The van der Waals surface area contributed by atoms with Gasteiger partial charge in [0.25, 0.3) is 0 Å². The molecule has 2 N–H and O–H groups in total. The first-order valence-corrected chi connectivity index (χ1v) is 7.14. The van der Waals surface area contributed by atoms with Gasteiger partial charge in [0.2, 0.25) is 5.91 Å². The standard InChI is InChI=1S/C14H17Cl2N3O/c1-8(15)13-18-10-6-9(16)4-5-11(10)19(13)14(2,3)7-12(17)20/h4-6,8H,7H2,1-3H3,(H2,17,20). The molecule has 0 spiro atoms. The summed E-state index contributed by atoms with van der Waals surface area (Å²) in [7, 11) is 0. The van der Waals surface area contributed by atoms with Crippen LogP contribution in [0.25, 0.3) is 11.0 Å². The number of hydrogen-bond acceptors (Lipinski definition) is 2. The van der Waals surface area contributed by atoms with Crippen LogP contribution in [0.1, 0.15) is 38.4 Å². The summed E-state index contributed by atoms with van der Waals surface area (Å²) in [4.78, 5) is 15.9. The van der Waals surface area contributed by atoms with E-state index in [1.54, 1.807) is 12.1 Å². The molecule has 1 aromatic heterocycles. The Morgan fingerprint density at radius 3 is 2.70 bits per heavy atom. The number of carbonyl (C=O) groups excluding carboxylic acids is 1. The number of amides is 1. The fourth-order valence-corrected chi connectivity index (χ4v) is 2.79. The van der Waals surface area contributed by atoms with Crippen LogP contribution in [-0.4, -0.2) is 15.5 Å². The van der Waals surface area contributed by atoms with Crippen LogP contribution in [0.4, 0.5) is 0 Å². The van der Waals surface area contributed by atoms with Gasteiger partial charge in [-0.3, -0.25) is 4.79 Å². The summed E-state index contributed by atoms with van der Waals surface area (Å²) in [6, 6.07) is 5.47. The summed E-state index contributed by atoms with van der Waals surface area (Å²) in [5.41, 5.74) is 6.50. The number of rotatable bonds is 4. The van der Waals surface area contributed by atoms with E-state index < -0.39 is 5.54 Å². The Hall–Kier alpha value is -1.26. The van der Waals surface area contributed by atoms with Crippen LogP contribution in [0.3, 0.4) is 0 Å². The molecule has 1 amide bonds. The third-order valence-electron chi connectivity index (χ3n) is 3.21. The molecule has 0 aliphatic rings. The Morgan fingerprint density at radius 1 is 1.50 bits per heavy atom. The molecule has 0 fully saturated rings. The molecule has 1 heterocycles. The lowest BCUT2D eigenvalue weighted by molar-refractivity contribution is -0.119. The Labute approximate surface area is 127 Å². The van der Waals surface area contributed by atoms with Crippen LogP contribution in [0.2, 0.25) is 5.02 Å². The fourth-order valence-electron chi connectivity index (χ4n) is 2.48. The highest BCUT2D eigenvalue weighted by Gasteiger charge is 2.29. The van der Waals surface area contributed by atoms with Crippen LogP contribution in [0, 0.1) is 0 Å². The van der Waals surface area contributed by atoms with Gasteiger partial charge in [-0.2, -0.15) is 0 Å². The average molecular weight is 314 g/mol. The molecule has 0 radical (unpaired) electrons. The highest BCUT2D eigenvalue weighted by molar-refractivity contribution is 6.31. The number of nitrogens with two attached hydrogens (primary N) is 1. The monoisotopic (exact) mass is 313 g/mol. The van der Waals surface area contributed by atoms with E-state index in [0.29, 0.717) is 10.8 Å². The van der Waals surface area contributed by atoms with Crippen LogP contribution in [0.15, 0.2) is 18.2 Å². The van der Waals surface area contributed by atoms with E-state index >= 15 is 0 Å². The minimum absolute atomic E-state index is 0.206. The van der Waals surface area contributed by atoms with Crippen LogP contribution >= 0.6 is 23.2 Å². The van der Waals surface area contributed by atoms with Gasteiger partial charge in [0, 0.05) is 17.0 Å². The molecule has 1 atom stereocenters. The molecule has 2 aromatic rings. The summed E-state index contributed by atoms with van der Waals surface area (Å²) >= 11 is 12.2. The van der Waals surface area contributed by atoms with Crippen molar-refractivity contribution in [3.63, 3.8) is 0 Å². The van der Waals surface area contributed by atoms with Crippen LogP contribution in [0.5, 0.6) is 0 Å². The second kappa shape index (κ2) is 5.26. The molecule has 0 bridgehead atoms.